The maximum atomic E-state index is 5.10. The number of hydrogen-bond donors (Lipinski definition) is 2. The van der Waals surface area contributed by atoms with Crippen molar-refractivity contribution in [2.75, 3.05) is 20.2 Å². The third-order valence-electron chi connectivity index (χ3n) is 3.47. The number of imidazole rings is 1. The Morgan fingerprint density at radius 2 is 2.24 bits per heavy atom. The van der Waals surface area contributed by atoms with Crippen molar-refractivity contribution < 1.29 is 4.74 Å². The smallest absolute Gasteiger partial charge is 0.215 e. The first-order chi connectivity index (χ1) is 8.21. The Balaban J connectivity index is 2.07. The van der Waals surface area contributed by atoms with Gasteiger partial charge < -0.3 is 15.0 Å². The molecule has 2 aromatic heterocycles. The fraction of sp³-hybridized carbons (Fsp3) is 0.500. The second kappa shape index (κ2) is 3.70. The van der Waals surface area contributed by atoms with Gasteiger partial charge in [0.2, 0.25) is 5.88 Å². The van der Waals surface area contributed by atoms with Crippen LogP contribution in [0, 0.1) is 0 Å². The van der Waals surface area contributed by atoms with Crippen molar-refractivity contribution in [3.8, 4) is 5.88 Å². The molecule has 0 amide bonds. The van der Waals surface area contributed by atoms with Gasteiger partial charge in [-0.15, -0.1) is 0 Å². The van der Waals surface area contributed by atoms with Crippen LogP contribution in [0.15, 0.2) is 12.1 Å². The summed E-state index contributed by atoms with van der Waals surface area (Å²) in [5, 5.41) is 3.37. The summed E-state index contributed by atoms with van der Waals surface area (Å²) >= 11 is 0. The second-order valence-electron chi connectivity index (χ2n) is 4.80. The SMILES string of the molecule is COc1ccc2[nH]c(C3(C)CCNC3)nc2n1. The lowest BCUT2D eigenvalue weighted by molar-refractivity contribution is 0.399. The zero-order valence-electron chi connectivity index (χ0n) is 10.1. The summed E-state index contributed by atoms with van der Waals surface area (Å²) in [5.74, 6) is 1.61. The van der Waals surface area contributed by atoms with Crippen LogP contribution in [0.4, 0.5) is 0 Å². The Kier molecular flexibility index (Phi) is 2.29. The lowest BCUT2D eigenvalue weighted by atomic mass is 9.89. The molecule has 0 radical (unpaired) electrons. The van der Waals surface area contributed by atoms with Gasteiger partial charge in [-0.25, -0.2) is 4.98 Å². The van der Waals surface area contributed by atoms with E-state index in [0.29, 0.717) is 5.88 Å². The van der Waals surface area contributed by atoms with Crippen LogP contribution in [0.3, 0.4) is 0 Å². The zero-order chi connectivity index (χ0) is 11.9. The van der Waals surface area contributed by atoms with Gasteiger partial charge >= 0.3 is 0 Å². The topological polar surface area (TPSA) is 62.8 Å². The summed E-state index contributed by atoms with van der Waals surface area (Å²) in [6, 6.07) is 3.81. The van der Waals surface area contributed by atoms with Gasteiger partial charge in [0.1, 0.15) is 5.82 Å². The van der Waals surface area contributed by atoms with E-state index in [9.17, 15) is 0 Å². The van der Waals surface area contributed by atoms with Crippen LogP contribution in [-0.4, -0.2) is 35.2 Å². The molecule has 3 heterocycles. The van der Waals surface area contributed by atoms with E-state index in [1.165, 1.54) is 0 Å². The van der Waals surface area contributed by atoms with Crippen LogP contribution in [0.1, 0.15) is 19.2 Å². The molecule has 1 aliphatic heterocycles. The quantitative estimate of drug-likeness (QED) is 0.817. The average Bonchev–Trinajstić information content (AvgIpc) is 2.94. The Morgan fingerprint density at radius 1 is 1.35 bits per heavy atom. The number of H-pyrrole nitrogens is 1. The minimum atomic E-state index is 0.0912. The Labute approximate surface area is 99.6 Å². The largest absolute Gasteiger partial charge is 0.481 e. The third kappa shape index (κ3) is 1.67. The van der Waals surface area contributed by atoms with E-state index in [0.717, 1.165) is 36.5 Å². The van der Waals surface area contributed by atoms with E-state index < -0.39 is 0 Å². The minimum Gasteiger partial charge on any atom is -0.481 e. The van der Waals surface area contributed by atoms with Gasteiger partial charge in [0.05, 0.1) is 12.6 Å². The summed E-state index contributed by atoms with van der Waals surface area (Å²) in [4.78, 5) is 12.3. The lowest BCUT2D eigenvalue weighted by Gasteiger charge is -2.18. The Morgan fingerprint density at radius 3 is 2.94 bits per heavy atom. The summed E-state index contributed by atoms with van der Waals surface area (Å²) in [6.07, 6.45) is 1.10. The zero-order valence-corrected chi connectivity index (χ0v) is 10.1. The van der Waals surface area contributed by atoms with Gasteiger partial charge in [-0.3, -0.25) is 0 Å². The number of aromatic amines is 1. The van der Waals surface area contributed by atoms with Crippen LogP contribution < -0.4 is 10.1 Å². The Hall–Kier alpha value is -1.62. The highest BCUT2D eigenvalue weighted by Gasteiger charge is 2.33. The van der Waals surface area contributed by atoms with Crippen molar-refractivity contribution in [1.29, 1.82) is 0 Å². The molecule has 17 heavy (non-hydrogen) atoms. The molecule has 0 aromatic carbocycles. The van der Waals surface area contributed by atoms with Gasteiger partial charge in [0.25, 0.3) is 0 Å². The van der Waals surface area contributed by atoms with E-state index in [2.05, 4.69) is 27.2 Å². The number of methoxy groups -OCH3 is 1. The highest BCUT2D eigenvalue weighted by Crippen LogP contribution is 2.29. The van der Waals surface area contributed by atoms with Crippen molar-refractivity contribution >= 4 is 11.2 Å². The summed E-state index contributed by atoms with van der Waals surface area (Å²) in [5.41, 5.74) is 1.79. The molecule has 3 rings (SSSR count). The molecule has 1 atom stereocenters. The van der Waals surface area contributed by atoms with Crippen LogP contribution in [0.25, 0.3) is 11.2 Å². The number of pyridine rings is 1. The molecule has 0 saturated carbocycles. The predicted octanol–water partition coefficient (Wildman–Crippen LogP) is 1.22. The molecular formula is C12H16N4O. The van der Waals surface area contributed by atoms with Crippen molar-refractivity contribution in [2.24, 2.45) is 0 Å². The van der Waals surface area contributed by atoms with E-state index in [1.807, 2.05) is 12.1 Å². The van der Waals surface area contributed by atoms with Crippen molar-refractivity contribution in [3.63, 3.8) is 0 Å². The molecule has 2 aromatic rings. The molecular weight excluding hydrogens is 216 g/mol. The number of aromatic nitrogens is 3. The van der Waals surface area contributed by atoms with Crippen LogP contribution in [0.2, 0.25) is 0 Å². The molecule has 2 N–H and O–H groups in total. The van der Waals surface area contributed by atoms with E-state index in [-0.39, 0.29) is 5.41 Å². The molecule has 1 fully saturated rings. The highest BCUT2D eigenvalue weighted by atomic mass is 16.5. The van der Waals surface area contributed by atoms with Gasteiger partial charge in [-0.2, -0.15) is 4.98 Å². The monoisotopic (exact) mass is 232 g/mol. The van der Waals surface area contributed by atoms with Gasteiger partial charge in [0, 0.05) is 18.0 Å². The number of hydrogen-bond acceptors (Lipinski definition) is 4. The normalized spacial score (nSPS) is 24.4. The molecule has 0 spiro atoms. The van der Waals surface area contributed by atoms with Crippen molar-refractivity contribution in [2.45, 2.75) is 18.8 Å². The van der Waals surface area contributed by atoms with E-state index in [1.54, 1.807) is 7.11 Å². The number of rotatable bonds is 2. The van der Waals surface area contributed by atoms with Crippen LogP contribution >= 0.6 is 0 Å². The minimum absolute atomic E-state index is 0.0912. The number of nitrogens with one attached hydrogen (secondary N) is 2. The average molecular weight is 232 g/mol. The number of nitrogens with zero attached hydrogens (tertiary/aromatic N) is 2. The lowest BCUT2D eigenvalue weighted by Crippen LogP contribution is -2.26. The fourth-order valence-electron chi connectivity index (χ4n) is 2.29. The highest BCUT2D eigenvalue weighted by molar-refractivity contribution is 5.71. The standard InChI is InChI=1S/C12H16N4O/c1-12(5-6-13-7-12)11-14-8-3-4-9(17-2)15-10(8)16-11/h3-4,13H,5-7H2,1-2H3,(H,14,15,16). The number of ether oxygens (including phenoxy) is 1. The predicted molar refractivity (Wildman–Crippen MR) is 65.3 cm³/mol. The van der Waals surface area contributed by atoms with Crippen LogP contribution in [-0.2, 0) is 5.41 Å². The van der Waals surface area contributed by atoms with Gasteiger partial charge in [-0.1, -0.05) is 6.92 Å². The summed E-state index contributed by atoms with van der Waals surface area (Å²) in [6.45, 7) is 4.23. The third-order valence-corrected chi connectivity index (χ3v) is 3.47. The van der Waals surface area contributed by atoms with Crippen molar-refractivity contribution in [1.82, 2.24) is 20.3 Å². The first-order valence-electron chi connectivity index (χ1n) is 5.83. The fourth-order valence-corrected chi connectivity index (χ4v) is 2.29. The molecule has 0 aliphatic carbocycles. The first-order valence-corrected chi connectivity index (χ1v) is 5.83. The maximum absolute atomic E-state index is 5.10. The van der Waals surface area contributed by atoms with Gasteiger partial charge in [0.15, 0.2) is 5.65 Å². The van der Waals surface area contributed by atoms with Crippen molar-refractivity contribution in [3.05, 3.63) is 18.0 Å². The molecule has 1 saturated heterocycles. The first kappa shape index (κ1) is 10.5. The van der Waals surface area contributed by atoms with Gasteiger partial charge in [-0.05, 0) is 19.0 Å². The molecule has 1 unspecified atom stereocenters. The molecule has 5 heteroatoms. The maximum Gasteiger partial charge on any atom is 0.215 e. The molecule has 1 aliphatic rings. The second-order valence-corrected chi connectivity index (χ2v) is 4.80. The number of fused-ring (bicyclic) bond motifs is 1. The summed E-state index contributed by atoms with van der Waals surface area (Å²) in [7, 11) is 1.62. The molecule has 90 valence electrons. The molecule has 0 bridgehead atoms. The molecule has 5 nitrogen and oxygen atoms in total. The summed E-state index contributed by atoms with van der Waals surface area (Å²) < 4.78 is 5.10. The van der Waals surface area contributed by atoms with E-state index in [4.69, 9.17) is 4.74 Å². The van der Waals surface area contributed by atoms with E-state index >= 15 is 0 Å². The van der Waals surface area contributed by atoms with Crippen LogP contribution in [0.5, 0.6) is 5.88 Å². The Bertz CT molecular complexity index is 542.